The van der Waals surface area contributed by atoms with Crippen molar-refractivity contribution in [3.8, 4) is 16.9 Å². The van der Waals surface area contributed by atoms with Gasteiger partial charge in [-0.1, -0.05) is 92.7 Å². The molecule has 2 saturated carbocycles. The Morgan fingerprint density at radius 1 is 0.786 bits per heavy atom. The number of hydrogen-bond donors (Lipinski definition) is 0. The minimum Gasteiger partial charge on any atom is -0.496 e. The van der Waals surface area contributed by atoms with E-state index in [-0.39, 0.29) is 7.92 Å². The molecule has 0 unspecified atom stereocenters. The van der Waals surface area contributed by atoms with Crippen molar-refractivity contribution in [3.63, 3.8) is 0 Å². The first-order chi connectivity index (χ1) is 13.8. The fourth-order valence-electron chi connectivity index (χ4n) is 5.25. The van der Waals surface area contributed by atoms with Crippen LogP contribution >= 0.6 is 23.9 Å². The van der Waals surface area contributed by atoms with E-state index in [4.69, 9.17) is 4.74 Å². The van der Waals surface area contributed by atoms with E-state index in [9.17, 15) is 0 Å². The van der Waals surface area contributed by atoms with Crippen molar-refractivity contribution in [3.05, 3.63) is 46.9 Å². The highest BCUT2D eigenvalue weighted by atomic mass is 79.9. The van der Waals surface area contributed by atoms with Gasteiger partial charge in [0.15, 0.2) is 0 Å². The third kappa shape index (κ3) is 4.34. The zero-order valence-electron chi connectivity index (χ0n) is 17.0. The van der Waals surface area contributed by atoms with Crippen molar-refractivity contribution in [1.82, 2.24) is 0 Å². The summed E-state index contributed by atoms with van der Waals surface area (Å²) >= 11 is 3.82. The Labute approximate surface area is 180 Å². The van der Waals surface area contributed by atoms with Crippen molar-refractivity contribution in [2.24, 2.45) is 0 Å². The Morgan fingerprint density at radius 2 is 1.39 bits per heavy atom. The standard InChI is InChI=1S/C25H32BrOP/c1-27-23-17-10-18-24(25(23)21-15-8-9-16-22(21)26)28(19-11-4-2-5-12-19)20-13-6-3-7-14-20/h8-10,15-20H,2-7,11-14H2,1H3. The van der Waals surface area contributed by atoms with Crippen molar-refractivity contribution in [1.29, 1.82) is 0 Å². The highest BCUT2D eigenvalue weighted by Crippen LogP contribution is 2.57. The second kappa shape index (κ2) is 9.77. The Balaban J connectivity index is 1.84. The van der Waals surface area contributed by atoms with Gasteiger partial charge in [-0.05, 0) is 54.4 Å². The van der Waals surface area contributed by atoms with Gasteiger partial charge in [0.25, 0.3) is 0 Å². The Bertz CT molecular complexity index is 760. The smallest absolute Gasteiger partial charge is 0.127 e. The number of methoxy groups -OCH3 is 1. The largest absolute Gasteiger partial charge is 0.496 e. The quantitative estimate of drug-likeness (QED) is 0.413. The van der Waals surface area contributed by atoms with Gasteiger partial charge in [0.1, 0.15) is 5.75 Å². The molecule has 2 aromatic carbocycles. The Kier molecular flexibility index (Phi) is 7.13. The summed E-state index contributed by atoms with van der Waals surface area (Å²) in [4.78, 5) is 0. The zero-order valence-corrected chi connectivity index (χ0v) is 19.5. The highest BCUT2D eigenvalue weighted by molar-refractivity contribution is 9.10. The van der Waals surface area contributed by atoms with Crippen LogP contribution in [0.5, 0.6) is 5.75 Å². The second-order valence-corrected chi connectivity index (χ2v) is 11.9. The van der Waals surface area contributed by atoms with E-state index in [0.717, 1.165) is 17.1 Å². The van der Waals surface area contributed by atoms with Gasteiger partial charge in [-0.3, -0.25) is 0 Å². The molecule has 0 radical (unpaired) electrons. The third-order valence-electron chi connectivity index (χ3n) is 6.58. The van der Waals surface area contributed by atoms with Gasteiger partial charge in [-0.2, -0.15) is 0 Å². The summed E-state index contributed by atoms with van der Waals surface area (Å²) in [7, 11) is 1.65. The van der Waals surface area contributed by atoms with Crippen LogP contribution in [-0.2, 0) is 0 Å². The molecule has 2 aliphatic carbocycles. The molecule has 150 valence electrons. The average Bonchev–Trinajstić information content (AvgIpc) is 2.76. The molecule has 2 aliphatic rings. The highest BCUT2D eigenvalue weighted by Gasteiger charge is 2.34. The lowest BCUT2D eigenvalue weighted by Crippen LogP contribution is -2.27. The fourth-order valence-corrected chi connectivity index (χ4v) is 9.71. The molecule has 0 spiro atoms. The number of rotatable bonds is 5. The van der Waals surface area contributed by atoms with E-state index in [1.807, 2.05) is 7.11 Å². The maximum atomic E-state index is 5.91. The molecule has 4 rings (SSSR count). The first-order valence-corrected chi connectivity index (χ1v) is 13.3. The average molecular weight is 459 g/mol. The summed E-state index contributed by atoms with van der Waals surface area (Å²) in [6.07, 6.45) is 14.2. The normalized spacial score (nSPS) is 19.1. The van der Waals surface area contributed by atoms with Crippen LogP contribution in [0.3, 0.4) is 0 Å². The van der Waals surface area contributed by atoms with Crippen molar-refractivity contribution in [2.45, 2.75) is 75.5 Å². The molecule has 0 saturated heterocycles. The zero-order chi connectivity index (χ0) is 19.3. The summed E-state index contributed by atoms with van der Waals surface area (Å²) in [6.45, 7) is 0. The summed E-state index contributed by atoms with van der Waals surface area (Å²) in [6, 6.07) is 15.5. The molecule has 2 aromatic rings. The number of benzene rings is 2. The van der Waals surface area contributed by atoms with Crippen molar-refractivity contribution < 1.29 is 4.74 Å². The maximum absolute atomic E-state index is 5.91. The Hall–Kier alpha value is -0.850. The second-order valence-electron chi connectivity index (χ2n) is 8.33. The van der Waals surface area contributed by atoms with Crippen LogP contribution in [0.2, 0.25) is 0 Å². The molecule has 3 heteroatoms. The molecular formula is C25H32BrOP. The molecule has 0 N–H and O–H groups in total. The summed E-state index contributed by atoms with van der Waals surface area (Å²) in [5.41, 5.74) is 4.41. The summed E-state index contributed by atoms with van der Waals surface area (Å²) < 4.78 is 7.08. The first kappa shape index (κ1) is 20.4. The lowest BCUT2D eigenvalue weighted by Gasteiger charge is -2.40. The van der Waals surface area contributed by atoms with Crippen LogP contribution in [0, 0.1) is 0 Å². The van der Waals surface area contributed by atoms with Crippen LogP contribution in [0.25, 0.3) is 11.1 Å². The van der Waals surface area contributed by atoms with Crippen LogP contribution in [0.15, 0.2) is 46.9 Å². The molecule has 28 heavy (non-hydrogen) atoms. The van der Waals surface area contributed by atoms with Gasteiger partial charge in [-0.15, -0.1) is 0 Å². The molecule has 0 heterocycles. The number of ether oxygens (including phenoxy) is 1. The molecule has 0 atom stereocenters. The topological polar surface area (TPSA) is 9.23 Å². The molecule has 1 nitrogen and oxygen atoms in total. The predicted octanol–water partition coefficient (Wildman–Crippen LogP) is 7.90. The molecule has 0 amide bonds. The van der Waals surface area contributed by atoms with E-state index in [0.29, 0.717) is 0 Å². The van der Waals surface area contributed by atoms with E-state index < -0.39 is 0 Å². The van der Waals surface area contributed by atoms with Crippen LogP contribution < -0.4 is 10.0 Å². The van der Waals surface area contributed by atoms with Crippen LogP contribution in [0.4, 0.5) is 0 Å². The minimum atomic E-state index is -0.172. The van der Waals surface area contributed by atoms with E-state index >= 15 is 0 Å². The van der Waals surface area contributed by atoms with Crippen LogP contribution in [0.1, 0.15) is 64.2 Å². The van der Waals surface area contributed by atoms with E-state index in [1.165, 1.54) is 79.8 Å². The molecule has 0 aliphatic heterocycles. The maximum Gasteiger partial charge on any atom is 0.127 e. The number of halogens is 1. The third-order valence-corrected chi connectivity index (χ3v) is 10.8. The van der Waals surface area contributed by atoms with Crippen molar-refractivity contribution >= 4 is 29.2 Å². The van der Waals surface area contributed by atoms with Gasteiger partial charge in [0.2, 0.25) is 0 Å². The van der Waals surface area contributed by atoms with Gasteiger partial charge < -0.3 is 4.74 Å². The van der Waals surface area contributed by atoms with E-state index in [2.05, 4.69) is 58.4 Å². The van der Waals surface area contributed by atoms with Gasteiger partial charge in [0.05, 0.1) is 7.11 Å². The van der Waals surface area contributed by atoms with Gasteiger partial charge >= 0.3 is 0 Å². The predicted molar refractivity (Wildman–Crippen MR) is 126 cm³/mol. The first-order valence-electron chi connectivity index (χ1n) is 11.0. The van der Waals surface area contributed by atoms with Crippen LogP contribution in [-0.4, -0.2) is 18.4 Å². The molecule has 0 aromatic heterocycles. The lowest BCUT2D eigenvalue weighted by molar-refractivity contribution is 0.416. The summed E-state index contributed by atoms with van der Waals surface area (Å²) in [5, 5.41) is 1.60. The number of hydrogen-bond acceptors (Lipinski definition) is 1. The van der Waals surface area contributed by atoms with Gasteiger partial charge in [0, 0.05) is 15.6 Å². The molecule has 0 bridgehead atoms. The molecular weight excluding hydrogens is 427 g/mol. The summed E-state index contributed by atoms with van der Waals surface area (Å²) in [5.74, 6) is 1.03. The minimum absolute atomic E-state index is 0.172. The van der Waals surface area contributed by atoms with Crippen molar-refractivity contribution in [2.75, 3.05) is 7.11 Å². The van der Waals surface area contributed by atoms with Gasteiger partial charge in [-0.25, -0.2) is 0 Å². The SMILES string of the molecule is COc1cccc(P(C2CCCCC2)C2CCCCC2)c1-c1ccccc1Br. The van der Waals surface area contributed by atoms with E-state index in [1.54, 1.807) is 5.30 Å². The molecule has 2 fully saturated rings. The monoisotopic (exact) mass is 458 g/mol. The fraction of sp³-hybridized carbons (Fsp3) is 0.520. The Morgan fingerprint density at radius 3 is 1.96 bits per heavy atom. The lowest BCUT2D eigenvalue weighted by atomic mass is 9.99.